The third-order valence-electron chi connectivity index (χ3n) is 4.09. The van der Waals surface area contributed by atoms with Crippen LogP contribution in [0.1, 0.15) is 24.3 Å². The highest BCUT2D eigenvalue weighted by Crippen LogP contribution is 2.23. The fourth-order valence-electron chi connectivity index (χ4n) is 3.04. The summed E-state index contributed by atoms with van der Waals surface area (Å²) in [5.41, 5.74) is 0.824. The maximum atomic E-state index is 13.8. The molecule has 0 amide bonds. The molecule has 0 unspecified atom stereocenters. The number of aromatic nitrogens is 1. The highest BCUT2D eigenvalue weighted by Gasteiger charge is 2.33. The van der Waals surface area contributed by atoms with Gasteiger partial charge in [0.1, 0.15) is 16.0 Å². The second kappa shape index (κ2) is 7.72. The minimum Gasteiger partial charge on any atom is -0.360 e. The van der Waals surface area contributed by atoms with Gasteiger partial charge in [0.05, 0.1) is 18.0 Å². The number of likely N-dealkylation sites (N-methyl/N-ethyl adjacent to an activating group) is 1. The lowest BCUT2D eigenvalue weighted by Crippen LogP contribution is -2.39. The largest absolute Gasteiger partial charge is 0.360 e. The van der Waals surface area contributed by atoms with Crippen molar-refractivity contribution in [2.45, 2.75) is 38.5 Å². The van der Waals surface area contributed by atoms with Gasteiger partial charge in [-0.05, 0) is 33.4 Å². The van der Waals surface area contributed by atoms with E-state index in [1.807, 2.05) is 20.0 Å². The van der Waals surface area contributed by atoms with E-state index in [9.17, 15) is 12.8 Å². The molecule has 23 heavy (non-hydrogen) atoms. The van der Waals surface area contributed by atoms with Gasteiger partial charge < -0.3 is 9.42 Å². The number of rotatable bonds is 8. The van der Waals surface area contributed by atoms with E-state index in [0.717, 1.165) is 18.0 Å². The lowest BCUT2D eigenvalue weighted by molar-refractivity contribution is 0.169. The van der Waals surface area contributed by atoms with Crippen LogP contribution in [0.2, 0.25) is 0 Å². The molecule has 1 saturated heterocycles. The summed E-state index contributed by atoms with van der Waals surface area (Å²) in [6, 6.07) is 1.98. The average Bonchev–Trinajstić information content (AvgIpc) is 2.95. The molecule has 1 fully saturated rings. The number of likely N-dealkylation sites (tertiary alicyclic amines) is 1. The van der Waals surface area contributed by atoms with E-state index in [0.29, 0.717) is 32.5 Å². The van der Waals surface area contributed by atoms with Gasteiger partial charge in [-0.2, -0.15) is 0 Å². The van der Waals surface area contributed by atoms with E-state index in [1.165, 1.54) is 6.26 Å². The Kier molecular flexibility index (Phi) is 6.16. The summed E-state index contributed by atoms with van der Waals surface area (Å²) in [5, 5.41) is 3.86. The first-order chi connectivity index (χ1) is 10.7. The third kappa shape index (κ3) is 6.19. The van der Waals surface area contributed by atoms with Crippen molar-refractivity contribution < 1.29 is 17.3 Å². The van der Waals surface area contributed by atoms with Crippen molar-refractivity contribution in [2.24, 2.45) is 0 Å². The van der Waals surface area contributed by atoms with Crippen LogP contribution in [0, 0.1) is 6.92 Å². The van der Waals surface area contributed by atoms with Gasteiger partial charge in [-0.25, -0.2) is 12.8 Å². The molecule has 0 N–H and O–H groups in total. The molecule has 1 aliphatic heterocycles. The van der Waals surface area contributed by atoms with Crippen LogP contribution in [-0.2, 0) is 16.4 Å². The SMILES string of the molecule is Cc1cc(CN2C[C@@H](F)C[C@H]2CN(C)CCCS(C)(=O)=O)on1. The van der Waals surface area contributed by atoms with Gasteiger partial charge in [-0.3, -0.25) is 4.90 Å². The highest BCUT2D eigenvalue weighted by atomic mass is 32.2. The molecule has 132 valence electrons. The molecule has 0 bridgehead atoms. The number of hydrogen-bond donors (Lipinski definition) is 0. The molecule has 0 saturated carbocycles. The van der Waals surface area contributed by atoms with Gasteiger partial charge in [0.15, 0.2) is 5.76 Å². The van der Waals surface area contributed by atoms with Crippen molar-refractivity contribution in [3.8, 4) is 0 Å². The molecule has 2 heterocycles. The second-order valence-electron chi connectivity index (χ2n) is 6.60. The van der Waals surface area contributed by atoms with Crippen molar-refractivity contribution >= 4 is 9.84 Å². The van der Waals surface area contributed by atoms with Gasteiger partial charge in [-0.15, -0.1) is 0 Å². The molecule has 8 heteroatoms. The molecular formula is C15H26FN3O3S. The minimum atomic E-state index is -2.92. The van der Waals surface area contributed by atoms with Crippen LogP contribution in [0.25, 0.3) is 0 Å². The quantitative estimate of drug-likeness (QED) is 0.705. The van der Waals surface area contributed by atoms with E-state index in [1.54, 1.807) is 0 Å². The fourth-order valence-corrected chi connectivity index (χ4v) is 3.70. The topological polar surface area (TPSA) is 66.7 Å². The van der Waals surface area contributed by atoms with Crippen molar-refractivity contribution in [1.82, 2.24) is 15.0 Å². The molecule has 0 aromatic carbocycles. The smallest absolute Gasteiger partial charge is 0.150 e. The average molecular weight is 347 g/mol. The number of nitrogens with zero attached hydrogens (tertiary/aromatic N) is 3. The number of sulfone groups is 1. The summed E-state index contributed by atoms with van der Waals surface area (Å²) in [6.07, 6.45) is 1.53. The van der Waals surface area contributed by atoms with Crippen molar-refractivity contribution in [1.29, 1.82) is 0 Å². The first-order valence-electron chi connectivity index (χ1n) is 7.89. The van der Waals surface area contributed by atoms with Crippen LogP contribution in [0.5, 0.6) is 0 Å². The summed E-state index contributed by atoms with van der Waals surface area (Å²) in [7, 11) is -0.972. The third-order valence-corrected chi connectivity index (χ3v) is 5.12. The van der Waals surface area contributed by atoms with Crippen LogP contribution in [0.15, 0.2) is 10.6 Å². The van der Waals surface area contributed by atoms with Crippen LogP contribution < -0.4 is 0 Å². The van der Waals surface area contributed by atoms with Crippen LogP contribution >= 0.6 is 0 Å². The standard InChI is InChI=1S/C15H26FN3O3S/c1-12-7-15(22-17-12)11-19-9-13(16)8-14(19)10-18(2)5-4-6-23(3,20)21/h7,13-14H,4-6,8-11H2,1-3H3/t13-,14-/m0/s1. The molecule has 2 rings (SSSR count). The zero-order valence-corrected chi connectivity index (χ0v) is 14.9. The van der Waals surface area contributed by atoms with Gasteiger partial charge in [0.25, 0.3) is 0 Å². The van der Waals surface area contributed by atoms with E-state index in [4.69, 9.17) is 4.52 Å². The van der Waals surface area contributed by atoms with Crippen LogP contribution in [-0.4, -0.2) is 74.3 Å². The maximum Gasteiger partial charge on any atom is 0.150 e. The molecule has 0 aliphatic carbocycles. The van der Waals surface area contributed by atoms with Crippen molar-refractivity contribution in [3.05, 3.63) is 17.5 Å². The van der Waals surface area contributed by atoms with E-state index in [2.05, 4.69) is 15.0 Å². The molecule has 0 radical (unpaired) electrons. The van der Waals surface area contributed by atoms with E-state index >= 15 is 0 Å². The Hall–Kier alpha value is -0.990. The monoisotopic (exact) mass is 347 g/mol. The Bertz CT molecular complexity index is 605. The van der Waals surface area contributed by atoms with Crippen LogP contribution in [0.3, 0.4) is 0 Å². The Morgan fingerprint density at radius 2 is 2.26 bits per heavy atom. The van der Waals surface area contributed by atoms with Gasteiger partial charge in [0, 0.05) is 31.5 Å². The van der Waals surface area contributed by atoms with Gasteiger partial charge in [0.2, 0.25) is 0 Å². The van der Waals surface area contributed by atoms with E-state index in [-0.39, 0.29) is 11.8 Å². The predicted molar refractivity (Wildman–Crippen MR) is 86.8 cm³/mol. The van der Waals surface area contributed by atoms with Crippen LogP contribution in [0.4, 0.5) is 4.39 Å². The van der Waals surface area contributed by atoms with Crippen molar-refractivity contribution in [2.75, 3.05) is 38.7 Å². The Morgan fingerprint density at radius 3 is 2.87 bits per heavy atom. The second-order valence-corrected chi connectivity index (χ2v) is 8.86. The number of aryl methyl sites for hydroxylation is 1. The number of halogens is 1. The summed E-state index contributed by atoms with van der Waals surface area (Å²) < 4.78 is 41.4. The molecule has 1 aromatic rings. The Balaban J connectivity index is 1.84. The van der Waals surface area contributed by atoms with Gasteiger partial charge in [-0.1, -0.05) is 5.16 Å². The molecule has 1 aliphatic rings. The van der Waals surface area contributed by atoms with E-state index < -0.39 is 16.0 Å². The molecule has 1 aromatic heterocycles. The number of hydrogen-bond acceptors (Lipinski definition) is 6. The summed E-state index contributed by atoms with van der Waals surface area (Å²) in [5.74, 6) is 0.941. The first-order valence-corrected chi connectivity index (χ1v) is 9.95. The summed E-state index contributed by atoms with van der Waals surface area (Å²) in [6.45, 7) is 4.24. The van der Waals surface area contributed by atoms with Crippen molar-refractivity contribution in [3.63, 3.8) is 0 Å². The predicted octanol–water partition coefficient (Wildman–Crippen LogP) is 1.26. The lowest BCUT2D eigenvalue weighted by atomic mass is 10.2. The lowest BCUT2D eigenvalue weighted by Gasteiger charge is -2.27. The Morgan fingerprint density at radius 1 is 1.52 bits per heavy atom. The minimum absolute atomic E-state index is 0.110. The molecular weight excluding hydrogens is 321 g/mol. The maximum absolute atomic E-state index is 13.8. The van der Waals surface area contributed by atoms with Gasteiger partial charge >= 0.3 is 0 Å². The fraction of sp³-hybridized carbons (Fsp3) is 0.800. The zero-order chi connectivity index (χ0) is 17.0. The number of alkyl halides is 1. The zero-order valence-electron chi connectivity index (χ0n) is 14.0. The summed E-state index contributed by atoms with van der Waals surface area (Å²) >= 11 is 0. The molecule has 0 spiro atoms. The molecule has 6 nitrogen and oxygen atoms in total. The highest BCUT2D eigenvalue weighted by molar-refractivity contribution is 7.90. The first kappa shape index (κ1) is 18.4. The summed E-state index contributed by atoms with van der Waals surface area (Å²) in [4.78, 5) is 4.16. The Labute approximate surface area is 137 Å². The normalized spacial score (nSPS) is 23.0. The molecule has 2 atom stereocenters.